The summed E-state index contributed by atoms with van der Waals surface area (Å²) in [7, 11) is 2.05. The van der Waals surface area contributed by atoms with E-state index in [9.17, 15) is 0 Å². The molecule has 0 amide bonds. The predicted octanol–water partition coefficient (Wildman–Crippen LogP) is 1.39. The maximum Gasteiger partial charge on any atom is 0.151 e. The number of rotatable bonds is 7. The fourth-order valence-corrected chi connectivity index (χ4v) is 1.70. The first-order chi connectivity index (χ1) is 7.77. The highest BCUT2D eigenvalue weighted by Gasteiger charge is 2.02. The Bertz CT molecular complexity index is 289. The van der Waals surface area contributed by atoms with Crippen LogP contribution < -0.4 is 10.2 Å². The molecule has 1 rings (SSSR count). The molecule has 0 aliphatic carbocycles. The second-order valence-corrected chi connectivity index (χ2v) is 4.56. The lowest BCUT2D eigenvalue weighted by Crippen LogP contribution is -2.22. The first kappa shape index (κ1) is 13.3. The van der Waals surface area contributed by atoms with E-state index in [0.717, 1.165) is 36.9 Å². The Morgan fingerprint density at radius 2 is 2.19 bits per heavy atom. The summed E-state index contributed by atoms with van der Waals surface area (Å²) in [5.41, 5.74) is 0.990. The third-order valence-electron chi connectivity index (χ3n) is 2.28. The summed E-state index contributed by atoms with van der Waals surface area (Å²) >= 11 is 1.84. The molecule has 90 valence electrons. The van der Waals surface area contributed by atoms with Gasteiger partial charge in [0.25, 0.3) is 0 Å². The second-order valence-electron chi connectivity index (χ2n) is 3.58. The van der Waals surface area contributed by atoms with Crippen molar-refractivity contribution in [3.8, 4) is 0 Å². The average molecular weight is 240 g/mol. The van der Waals surface area contributed by atoms with E-state index in [-0.39, 0.29) is 0 Å². The van der Waals surface area contributed by atoms with E-state index in [0.29, 0.717) is 0 Å². The van der Waals surface area contributed by atoms with Crippen LogP contribution in [0, 0.1) is 0 Å². The zero-order valence-electron chi connectivity index (χ0n) is 10.2. The summed E-state index contributed by atoms with van der Waals surface area (Å²) in [5, 5.41) is 11.6. The Hall–Kier alpha value is -0.810. The van der Waals surface area contributed by atoms with Crippen molar-refractivity contribution >= 4 is 17.6 Å². The number of aromatic nitrogens is 2. The van der Waals surface area contributed by atoms with Gasteiger partial charge in [-0.25, -0.2) is 0 Å². The third-order valence-corrected chi connectivity index (χ3v) is 2.87. The molecule has 1 heterocycles. The molecule has 0 aliphatic heterocycles. The van der Waals surface area contributed by atoms with Crippen LogP contribution in [0.2, 0.25) is 0 Å². The van der Waals surface area contributed by atoms with Crippen LogP contribution in [0.4, 0.5) is 5.82 Å². The molecule has 5 heteroatoms. The first-order valence-electron chi connectivity index (χ1n) is 5.51. The molecule has 0 spiro atoms. The van der Waals surface area contributed by atoms with Gasteiger partial charge in [-0.1, -0.05) is 6.92 Å². The summed E-state index contributed by atoms with van der Waals surface area (Å²) in [6.45, 7) is 4.83. The van der Waals surface area contributed by atoms with Gasteiger partial charge in [-0.05, 0) is 24.9 Å². The van der Waals surface area contributed by atoms with Gasteiger partial charge in [0.15, 0.2) is 5.82 Å². The monoisotopic (exact) mass is 240 g/mol. The molecule has 0 saturated heterocycles. The van der Waals surface area contributed by atoms with Crippen LogP contribution in [-0.2, 0) is 6.54 Å². The summed E-state index contributed by atoms with van der Waals surface area (Å²) in [6, 6.07) is 4.06. The highest BCUT2D eigenvalue weighted by molar-refractivity contribution is 7.98. The Balaban J connectivity index is 2.49. The average Bonchev–Trinajstić information content (AvgIpc) is 2.34. The van der Waals surface area contributed by atoms with E-state index < -0.39 is 0 Å². The van der Waals surface area contributed by atoms with Crippen LogP contribution in [0.5, 0.6) is 0 Å². The number of hydrogen-bond acceptors (Lipinski definition) is 5. The summed E-state index contributed by atoms with van der Waals surface area (Å²) < 4.78 is 0. The summed E-state index contributed by atoms with van der Waals surface area (Å²) in [4.78, 5) is 2.13. The van der Waals surface area contributed by atoms with E-state index in [1.54, 1.807) is 0 Å². The molecule has 16 heavy (non-hydrogen) atoms. The minimum atomic E-state index is 0.790. The largest absolute Gasteiger partial charge is 0.357 e. The maximum atomic E-state index is 4.21. The Morgan fingerprint density at radius 1 is 1.38 bits per heavy atom. The zero-order valence-corrected chi connectivity index (χ0v) is 11.0. The number of hydrogen-bond donors (Lipinski definition) is 1. The summed E-state index contributed by atoms with van der Waals surface area (Å²) in [5.74, 6) is 2.05. The van der Waals surface area contributed by atoms with Gasteiger partial charge in [0.05, 0.1) is 5.69 Å². The van der Waals surface area contributed by atoms with Crippen molar-refractivity contribution < 1.29 is 0 Å². The fraction of sp³-hybridized carbons (Fsp3) is 0.636. The van der Waals surface area contributed by atoms with E-state index in [1.165, 1.54) is 0 Å². The van der Waals surface area contributed by atoms with Crippen molar-refractivity contribution in [3.05, 3.63) is 17.8 Å². The molecule has 0 unspecified atom stereocenters. The van der Waals surface area contributed by atoms with E-state index in [1.807, 2.05) is 30.9 Å². The quantitative estimate of drug-likeness (QED) is 0.780. The van der Waals surface area contributed by atoms with Crippen molar-refractivity contribution in [2.24, 2.45) is 0 Å². The van der Waals surface area contributed by atoms with Crippen LogP contribution in [0.1, 0.15) is 12.6 Å². The highest BCUT2D eigenvalue weighted by atomic mass is 32.2. The standard InChI is InChI=1S/C11H20N4S/c1-4-12-9-10-5-6-11(14-13-10)15(2)7-8-16-3/h5-6,12H,4,7-9H2,1-3H3. The van der Waals surface area contributed by atoms with Crippen molar-refractivity contribution in [1.82, 2.24) is 15.5 Å². The molecule has 4 nitrogen and oxygen atoms in total. The number of thioether (sulfide) groups is 1. The van der Waals surface area contributed by atoms with Crippen molar-refractivity contribution in [1.29, 1.82) is 0 Å². The molecule has 0 fully saturated rings. The predicted molar refractivity (Wildman–Crippen MR) is 71.1 cm³/mol. The van der Waals surface area contributed by atoms with Crippen molar-refractivity contribution in [2.75, 3.05) is 37.0 Å². The van der Waals surface area contributed by atoms with Gasteiger partial charge >= 0.3 is 0 Å². The Kier molecular flexibility index (Phi) is 6.18. The van der Waals surface area contributed by atoms with Crippen LogP contribution in [0.25, 0.3) is 0 Å². The Labute approximate surface area is 102 Å². The van der Waals surface area contributed by atoms with E-state index in [2.05, 4.69) is 33.6 Å². The molecule has 1 N–H and O–H groups in total. The van der Waals surface area contributed by atoms with Gasteiger partial charge in [0.1, 0.15) is 0 Å². The molecular weight excluding hydrogens is 220 g/mol. The van der Waals surface area contributed by atoms with Gasteiger partial charge in [-0.3, -0.25) is 0 Å². The topological polar surface area (TPSA) is 41.0 Å². The van der Waals surface area contributed by atoms with Crippen LogP contribution in [0.15, 0.2) is 12.1 Å². The van der Waals surface area contributed by atoms with Gasteiger partial charge in [0, 0.05) is 25.9 Å². The van der Waals surface area contributed by atoms with Gasteiger partial charge in [-0.2, -0.15) is 16.9 Å². The van der Waals surface area contributed by atoms with Crippen LogP contribution >= 0.6 is 11.8 Å². The van der Waals surface area contributed by atoms with Crippen LogP contribution in [-0.4, -0.2) is 42.3 Å². The van der Waals surface area contributed by atoms with E-state index >= 15 is 0 Å². The van der Waals surface area contributed by atoms with E-state index in [4.69, 9.17) is 0 Å². The smallest absolute Gasteiger partial charge is 0.151 e. The minimum absolute atomic E-state index is 0.790. The molecule has 1 aromatic heterocycles. The van der Waals surface area contributed by atoms with Crippen LogP contribution in [0.3, 0.4) is 0 Å². The lowest BCUT2D eigenvalue weighted by atomic mass is 10.3. The van der Waals surface area contributed by atoms with Gasteiger partial charge in [-0.15, -0.1) is 5.10 Å². The summed E-state index contributed by atoms with van der Waals surface area (Å²) in [6.07, 6.45) is 2.11. The maximum absolute atomic E-state index is 4.21. The molecule has 0 aliphatic rings. The number of nitrogens with zero attached hydrogens (tertiary/aromatic N) is 3. The second kappa shape index (κ2) is 7.46. The third kappa shape index (κ3) is 4.37. The lowest BCUT2D eigenvalue weighted by Gasteiger charge is -2.16. The normalized spacial score (nSPS) is 10.4. The molecule has 0 aromatic carbocycles. The molecule has 0 radical (unpaired) electrons. The molecular formula is C11H20N4S. The molecule has 0 bridgehead atoms. The SMILES string of the molecule is CCNCc1ccc(N(C)CCSC)nn1. The molecule has 0 atom stereocenters. The van der Waals surface area contributed by atoms with Gasteiger partial charge < -0.3 is 10.2 Å². The zero-order chi connectivity index (χ0) is 11.8. The molecule has 1 aromatic rings. The van der Waals surface area contributed by atoms with Crippen molar-refractivity contribution in [3.63, 3.8) is 0 Å². The number of nitrogens with one attached hydrogen (secondary N) is 1. The lowest BCUT2D eigenvalue weighted by molar-refractivity contribution is 0.697. The number of anilines is 1. The fourth-order valence-electron chi connectivity index (χ4n) is 1.25. The minimum Gasteiger partial charge on any atom is -0.357 e. The molecule has 0 saturated carbocycles. The first-order valence-corrected chi connectivity index (χ1v) is 6.90. The Morgan fingerprint density at radius 3 is 2.75 bits per heavy atom. The van der Waals surface area contributed by atoms with Gasteiger partial charge in [0.2, 0.25) is 0 Å². The highest BCUT2D eigenvalue weighted by Crippen LogP contribution is 2.08. The van der Waals surface area contributed by atoms with Crippen molar-refractivity contribution in [2.45, 2.75) is 13.5 Å².